The van der Waals surface area contributed by atoms with Crippen LogP contribution in [0.4, 0.5) is 0 Å². The summed E-state index contributed by atoms with van der Waals surface area (Å²) in [5.74, 6) is 0. The van der Waals surface area contributed by atoms with E-state index in [2.05, 4.69) is 27.7 Å². The van der Waals surface area contributed by atoms with Gasteiger partial charge in [-0.3, -0.25) is 0 Å². The summed E-state index contributed by atoms with van der Waals surface area (Å²) in [4.78, 5) is 0. The third-order valence-corrected chi connectivity index (χ3v) is 5.51. The van der Waals surface area contributed by atoms with Gasteiger partial charge in [-0.25, -0.2) is 0 Å². The molecule has 0 heterocycles. The maximum Gasteiger partial charge on any atom is -0.147 e. The van der Waals surface area contributed by atoms with Gasteiger partial charge in [0.2, 0.25) is 0 Å². The molecule has 0 aromatic heterocycles. The molecule has 2 N–H and O–H groups in total. The van der Waals surface area contributed by atoms with Gasteiger partial charge >= 0.3 is 93.4 Å². The van der Waals surface area contributed by atoms with Crippen LogP contribution in [-0.4, -0.2) is 33.7 Å². The molecule has 0 saturated carbocycles. The third-order valence-electron chi connectivity index (χ3n) is 1.80. The van der Waals surface area contributed by atoms with Gasteiger partial charge in [-0.15, -0.1) is 12.4 Å². The molecule has 0 saturated heterocycles. The first-order chi connectivity index (χ1) is 6.02. The van der Waals surface area contributed by atoms with Gasteiger partial charge in [-0.05, 0) is 0 Å². The van der Waals surface area contributed by atoms with Gasteiger partial charge in [0.15, 0.2) is 0 Å². The zero-order valence-corrected chi connectivity index (χ0v) is 13.4. The predicted molar refractivity (Wildman–Crippen MR) is 66.1 cm³/mol. The number of hydrogen-bond donors (Lipinski definition) is 1. The first kappa shape index (κ1) is 17.4. The van der Waals surface area contributed by atoms with Crippen LogP contribution in [0, 0.1) is 0 Å². The molecule has 2 radical (unpaired) electrons. The van der Waals surface area contributed by atoms with Crippen LogP contribution >= 0.6 is 12.4 Å². The Bertz CT molecular complexity index is 123. The average Bonchev–Trinajstić information content (AvgIpc) is 2.00. The molecule has 2 nitrogen and oxygen atoms in total. The minimum absolute atomic E-state index is 0. The fourth-order valence-corrected chi connectivity index (χ4v) is 3.42. The predicted octanol–water partition coefficient (Wildman–Crippen LogP) is 2.78. The van der Waals surface area contributed by atoms with Gasteiger partial charge in [0.25, 0.3) is 0 Å². The molecular weight excluding hydrogens is 304 g/mol. The van der Waals surface area contributed by atoms with Crippen molar-refractivity contribution in [3.8, 4) is 0 Å². The number of halogens is 1. The summed E-state index contributed by atoms with van der Waals surface area (Å²) < 4.78 is 6.54. The molecule has 0 amide bonds. The summed E-state index contributed by atoms with van der Waals surface area (Å²) in [5, 5.41) is 0. The van der Waals surface area contributed by atoms with E-state index in [0.717, 1.165) is 10.4 Å². The Kier molecular flexibility index (Phi) is 13.1. The molecule has 0 aliphatic heterocycles. The van der Waals surface area contributed by atoms with Crippen LogP contribution in [-0.2, 0) is 3.07 Å². The Balaban J connectivity index is 0. The van der Waals surface area contributed by atoms with E-state index in [4.69, 9.17) is 8.81 Å². The Morgan fingerprint density at radius 2 is 1.71 bits per heavy atom. The van der Waals surface area contributed by atoms with Crippen molar-refractivity contribution in [2.75, 3.05) is 0 Å². The SMILES string of the molecule is CC(N)CCC[CH](C)[Sn][O]C(C)C.Cl. The zero-order chi connectivity index (χ0) is 10.3. The van der Waals surface area contributed by atoms with Gasteiger partial charge in [-0.2, -0.15) is 0 Å². The van der Waals surface area contributed by atoms with Crippen molar-refractivity contribution in [1.29, 1.82) is 0 Å². The largest absolute Gasteiger partial charge is 0.147 e. The molecule has 0 aliphatic carbocycles. The molecule has 14 heavy (non-hydrogen) atoms. The van der Waals surface area contributed by atoms with Crippen molar-refractivity contribution in [3.63, 3.8) is 0 Å². The van der Waals surface area contributed by atoms with Crippen molar-refractivity contribution >= 4 is 34.0 Å². The van der Waals surface area contributed by atoms with Crippen molar-refractivity contribution in [3.05, 3.63) is 0 Å². The molecule has 0 aromatic carbocycles. The molecule has 0 aromatic rings. The Morgan fingerprint density at radius 3 is 2.14 bits per heavy atom. The van der Waals surface area contributed by atoms with E-state index in [1.165, 1.54) is 12.8 Å². The van der Waals surface area contributed by atoms with Crippen LogP contribution in [0.25, 0.3) is 0 Å². The summed E-state index contributed by atoms with van der Waals surface area (Å²) in [5.41, 5.74) is 5.68. The molecule has 0 bridgehead atoms. The fourth-order valence-electron chi connectivity index (χ4n) is 1.06. The summed E-state index contributed by atoms with van der Waals surface area (Å²) in [6, 6.07) is 0.364. The minimum Gasteiger partial charge on any atom is -0.147 e. The first-order valence-electron chi connectivity index (χ1n) is 5.19. The minimum atomic E-state index is -0.562. The van der Waals surface area contributed by atoms with Crippen molar-refractivity contribution in [2.24, 2.45) is 5.73 Å². The number of nitrogens with two attached hydrogens (primary N) is 1. The van der Waals surface area contributed by atoms with E-state index in [0.29, 0.717) is 12.1 Å². The maximum absolute atomic E-state index is 5.70. The topological polar surface area (TPSA) is 35.2 Å². The maximum atomic E-state index is 5.70. The first-order valence-corrected chi connectivity index (χ1v) is 8.00. The van der Waals surface area contributed by atoms with Gasteiger partial charge in [0.05, 0.1) is 0 Å². The second-order valence-electron chi connectivity index (χ2n) is 4.09. The second kappa shape index (κ2) is 10.5. The third kappa shape index (κ3) is 13.0. The number of hydrogen-bond acceptors (Lipinski definition) is 2. The van der Waals surface area contributed by atoms with Crippen molar-refractivity contribution in [1.82, 2.24) is 0 Å². The van der Waals surface area contributed by atoms with Crippen LogP contribution in [0.5, 0.6) is 0 Å². The molecular formula is C10H24ClNOSn. The summed E-state index contributed by atoms with van der Waals surface area (Å²) in [6.45, 7) is 8.63. The molecule has 0 rings (SSSR count). The smallest absolute Gasteiger partial charge is 0.147 e. The van der Waals surface area contributed by atoms with Crippen molar-refractivity contribution in [2.45, 2.75) is 63.0 Å². The van der Waals surface area contributed by atoms with Crippen LogP contribution in [0.3, 0.4) is 0 Å². The summed E-state index contributed by atoms with van der Waals surface area (Å²) >= 11 is -0.562. The monoisotopic (exact) mass is 329 g/mol. The van der Waals surface area contributed by atoms with E-state index in [1.54, 1.807) is 0 Å². The van der Waals surface area contributed by atoms with Gasteiger partial charge in [0.1, 0.15) is 0 Å². The van der Waals surface area contributed by atoms with Gasteiger partial charge in [0, 0.05) is 0 Å². The molecule has 86 valence electrons. The molecule has 0 spiro atoms. The fraction of sp³-hybridized carbons (Fsp3) is 1.00. The summed E-state index contributed by atoms with van der Waals surface area (Å²) in [7, 11) is 0. The van der Waals surface area contributed by atoms with E-state index in [-0.39, 0.29) is 12.4 Å². The van der Waals surface area contributed by atoms with E-state index in [1.807, 2.05) is 0 Å². The van der Waals surface area contributed by atoms with E-state index >= 15 is 0 Å². The van der Waals surface area contributed by atoms with Crippen LogP contribution in [0.2, 0.25) is 3.93 Å². The Labute approximate surface area is 106 Å². The van der Waals surface area contributed by atoms with Crippen LogP contribution < -0.4 is 5.73 Å². The normalized spacial score (nSPS) is 15.0. The molecule has 2 unspecified atom stereocenters. The van der Waals surface area contributed by atoms with Crippen LogP contribution in [0.15, 0.2) is 0 Å². The molecule has 4 heteroatoms. The zero-order valence-electron chi connectivity index (χ0n) is 9.75. The van der Waals surface area contributed by atoms with Gasteiger partial charge in [-0.1, -0.05) is 0 Å². The van der Waals surface area contributed by atoms with Crippen LogP contribution in [0.1, 0.15) is 47.0 Å². The molecule has 0 aliphatic rings. The van der Waals surface area contributed by atoms with Crippen molar-refractivity contribution < 1.29 is 3.07 Å². The van der Waals surface area contributed by atoms with E-state index < -0.39 is 21.6 Å². The Morgan fingerprint density at radius 1 is 1.14 bits per heavy atom. The average molecular weight is 328 g/mol. The standard InChI is InChI=1S/C7H16N.C3H7O.ClH.Sn/c1-3-4-5-6-7(2)8;1-3(2)4;;/h3,7H,4-6,8H2,1-2H3;3H,1-2H3;1H;/q;-1;;+1. The quantitative estimate of drug-likeness (QED) is 0.730. The summed E-state index contributed by atoms with van der Waals surface area (Å²) in [6.07, 6.45) is 4.16. The Hall–Kier alpha value is 1.01. The number of rotatable bonds is 7. The second-order valence-corrected chi connectivity index (χ2v) is 8.25. The molecule has 0 fully saturated rings. The van der Waals surface area contributed by atoms with E-state index in [9.17, 15) is 0 Å². The van der Waals surface area contributed by atoms with Gasteiger partial charge < -0.3 is 0 Å². The molecule has 2 atom stereocenters.